The number of anilines is 1. The van der Waals surface area contributed by atoms with Crippen molar-refractivity contribution in [3.63, 3.8) is 0 Å². The van der Waals surface area contributed by atoms with Crippen LogP contribution in [0.4, 0.5) is 10.1 Å². The lowest BCUT2D eigenvalue weighted by atomic mass is 10.1. The van der Waals surface area contributed by atoms with E-state index in [4.69, 9.17) is 23.2 Å². The van der Waals surface area contributed by atoms with Crippen molar-refractivity contribution in [3.8, 4) is 0 Å². The van der Waals surface area contributed by atoms with E-state index in [-0.39, 0.29) is 34.4 Å². The highest BCUT2D eigenvalue weighted by atomic mass is 35.5. The van der Waals surface area contributed by atoms with Crippen molar-refractivity contribution in [1.82, 2.24) is 20.4 Å². The van der Waals surface area contributed by atoms with Gasteiger partial charge in [0.25, 0.3) is 11.8 Å². The summed E-state index contributed by atoms with van der Waals surface area (Å²) in [6.07, 6.45) is 0. The van der Waals surface area contributed by atoms with Gasteiger partial charge in [0.2, 0.25) is 5.91 Å². The highest BCUT2D eigenvalue weighted by Gasteiger charge is 2.24. The number of nitrogens with one attached hydrogen (secondary N) is 3. The molecule has 1 aromatic heterocycles. The van der Waals surface area contributed by atoms with Crippen molar-refractivity contribution in [1.29, 1.82) is 0 Å². The second-order valence-electron chi connectivity index (χ2n) is 7.73. The van der Waals surface area contributed by atoms with E-state index in [0.29, 0.717) is 22.8 Å². The van der Waals surface area contributed by atoms with E-state index in [1.54, 1.807) is 31.2 Å². The molecule has 1 unspecified atom stereocenters. The van der Waals surface area contributed by atoms with E-state index in [1.165, 1.54) is 23.7 Å². The van der Waals surface area contributed by atoms with Gasteiger partial charge in [-0.25, -0.2) is 4.39 Å². The molecule has 0 radical (unpaired) electrons. The molecular formula is C24H24Cl2FN5O3. The number of hydrogen-bond acceptors (Lipinski definition) is 4. The lowest BCUT2D eigenvalue weighted by molar-refractivity contribution is -0.114. The summed E-state index contributed by atoms with van der Waals surface area (Å²) in [5.74, 6) is -2.32. The van der Waals surface area contributed by atoms with Gasteiger partial charge >= 0.3 is 0 Å². The Labute approximate surface area is 211 Å². The van der Waals surface area contributed by atoms with Crippen LogP contribution in [0.2, 0.25) is 10.2 Å². The molecule has 0 saturated carbocycles. The van der Waals surface area contributed by atoms with Crippen molar-refractivity contribution in [2.24, 2.45) is 0 Å². The average molecular weight is 520 g/mol. The van der Waals surface area contributed by atoms with Gasteiger partial charge in [-0.2, -0.15) is 5.10 Å². The first kappa shape index (κ1) is 26.2. The molecule has 3 aromatic rings. The Kier molecular flexibility index (Phi) is 8.48. The molecule has 0 saturated heterocycles. The number of rotatable bonds is 8. The summed E-state index contributed by atoms with van der Waals surface area (Å²) in [7, 11) is 0. The first-order valence-electron chi connectivity index (χ1n) is 10.7. The monoisotopic (exact) mass is 519 g/mol. The zero-order valence-electron chi connectivity index (χ0n) is 19.3. The molecule has 2 aromatic carbocycles. The Morgan fingerprint density at radius 2 is 1.86 bits per heavy atom. The van der Waals surface area contributed by atoms with Crippen molar-refractivity contribution >= 4 is 46.6 Å². The van der Waals surface area contributed by atoms with Crippen LogP contribution in [0.3, 0.4) is 0 Å². The molecule has 0 bridgehead atoms. The quantitative estimate of drug-likeness (QED) is 0.406. The van der Waals surface area contributed by atoms with Crippen LogP contribution in [0.25, 0.3) is 0 Å². The van der Waals surface area contributed by atoms with Crippen LogP contribution in [-0.2, 0) is 11.3 Å². The van der Waals surface area contributed by atoms with Crippen LogP contribution >= 0.6 is 23.2 Å². The fraction of sp³-hybridized carbons (Fsp3) is 0.250. The van der Waals surface area contributed by atoms with Crippen molar-refractivity contribution < 1.29 is 18.8 Å². The van der Waals surface area contributed by atoms with Gasteiger partial charge in [-0.3, -0.25) is 19.1 Å². The van der Waals surface area contributed by atoms with Crippen LogP contribution in [-0.4, -0.2) is 34.0 Å². The number of amides is 3. The number of halogens is 3. The second-order valence-corrected chi connectivity index (χ2v) is 8.53. The number of carbonyl (C=O) groups is 3. The first-order chi connectivity index (χ1) is 16.6. The van der Waals surface area contributed by atoms with Gasteiger partial charge in [-0.05, 0) is 49.7 Å². The molecule has 3 rings (SSSR count). The molecule has 0 aliphatic rings. The summed E-state index contributed by atoms with van der Waals surface area (Å²) in [5.41, 5.74) is 1.34. The van der Waals surface area contributed by atoms with E-state index < -0.39 is 23.7 Å². The van der Waals surface area contributed by atoms with E-state index >= 15 is 0 Å². The largest absolute Gasteiger partial charge is 0.350 e. The van der Waals surface area contributed by atoms with Gasteiger partial charge in [0.15, 0.2) is 0 Å². The third kappa shape index (κ3) is 6.37. The fourth-order valence-electron chi connectivity index (χ4n) is 3.50. The Hall–Kier alpha value is -3.43. The third-order valence-electron chi connectivity index (χ3n) is 5.15. The van der Waals surface area contributed by atoms with Gasteiger partial charge in [0.1, 0.15) is 11.0 Å². The lowest BCUT2D eigenvalue weighted by Crippen LogP contribution is -2.38. The summed E-state index contributed by atoms with van der Waals surface area (Å²) in [6.45, 7) is 5.26. The molecule has 35 heavy (non-hydrogen) atoms. The minimum absolute atomic E-state index is 0.0591. The molecule has 0 spiro atoms. The zero-order valence-corrected chi connectivity index (χ0v) is 20.8. The summed E-state index contributed by atoms with van der Waals surface area (Å²) in [6, 6.07) is 9.85. The summed E-state index contributed by atoms with van der Waals surface area (Å²) < 4.78 is 16.0. The number of hydrogen-bond donors (Lipinski definition) is 3. The number of aryl methyl sites for hydroxylation is 2. The molecule has 3 N–H and O–H groups in total. The number of benzene rings is 2. The molecule has 0 aliphatic heterocycles. The molecule has 3 amide bonds. The predicted octanol–water partition coefficient (Wildman–Crippen LogP) is 4.52. The Balaban J connectivity index is 1.81. The van der Waals surface area contributed by atoms with Crippen LogP contribution in [0.15, 0.2) is 42.5 Å². The van der Waals surface area contributed by atoms with Crippen LogP contribution in [0, 0.1) is 12.7 Å². The highest BCUT2D eigenvalue weighted by molar-refractivity contribution is 6.33. The lowest BCUT2D eigenvalue weighted by Gasteiger charge is -2.20. The molecular weight excluding hydrogens is 496 g/mol. The molecule has 0 fully saturated rings. The normalized spacial score (nSPS) is 11.6. The van der Waals surface area contributed by atoms with Gasteiger partial charge in [-0.15, -0.1) is 0 Å². The van der Waals surface area contributed by atoms with Crippen molar-refractivity contribution in [3.05, 3.63) is 80.8 Å². The minimum atomic E-state index is -0.800. The third-order valence-corrected chi connectivity index (χ3v) is 5.77. The standard InChI is InChI=1S/C24H24Cl2FN5O3/c1-4-32-22(26)21(13(2)31-32)24(35)30-20(15-6-5-7-16(25)10-15)12-28-23(34)18-9-8-17(11-19(18)27)29-14(3)33/h5-11,20H,4,12H2,1-3H3,(H,28,34)(H,29,33)(H,30,35). The molecule has 0 aliphatic carbocycles. The molecule has 1 atom stereocenters. The minimum Gasteiger partial charge on any atom is -0.350 e. The SMILES string of the molecule is CCn1nc(C)c(C(=O)NC(CNC(=O)c2ccc(NC(C)=O)cc2F)c2cccc(Cl)c2)c1Cl. The molecule has 1 heterocycles. The topological polar surface area (TPSA) is 105 Å². The van der Waals surface area contributed by atoms with Gasteiger partial charge < -0.3 is 16.0 Å². The number of carbonyl (C=O) groups excluding carboxylic acids is 3. The van der Waals surface area contributed by atoms with Crippen LogP contribution in [0.1, 0.15) is 51.9 Å². The molecule has 8 nitrogen and oxygen atoms in total. The Morgan fingerprint density at radius 1 is 1.11 bits per heavy atom. The molecule has 184 valence electrons. The Bertz CT molecular complexity index is 1280. The maximum absolute atomic E-state index is 14.5. The maximum atomic E-state index is 14.5. The van der Waals surface area contributed by atoms with E-state index in [9.17, 15) is 18.8 Å². The van der Waals surface area contributed by atoms with Crippen molar-refractivity contribution in [2.75, 3.05) is 11.9 Å². The highest BCUT2D eigenvalue weighted by Crippen LogP contribution is 2.23. The van der Waals surface area contributed by atoms with Crippen LogP contribution in [0.5, 0.6) is 0 Å². The summed E-state index contributed by atoms with van der Waals surface area (Å²) in [4.78, 5) is 36.9. The summed E-state index contributed by atoms with van der Waals surface area (Å²) >= 11 is 12.5. The zero-order chi connectivity index (χ0) is 25.7. The average Bonchev–Trinajstić information content (AvgIpc) is 3.09. The van der Waals surface area contributed by atoms with Crippen LogP contribution < -0.4 is 16.0 Å². The van der Waals surface area contributed by atoms with Crippen molar-refractivity contribution in [2.45, 2.75) is 33.4 Å². The predicted molar refractivity (Wildman–Crippen MR) is 132 cm³/mol. The van der Waals surface area contributed by atoms with Gasteiger partial charge in [0, 0.05) is 30.7 Å². The Morgan fingerprint density at radius 3 is 2.46 bits per heavy atom. The van der Waals surface area contributed by atoms with Gasteiger partial charge in [-0.1, -0.05) is 35.3 Å². The van der Waals surface area contributed by atoms with E-state index in [1.807, 2.05) is 6.92 Å². The second kappa shape index (κ2) is 11.3. The number of aromatic nitrogens is 2. The van der Waals surface area contributed by atoms with Gasteiger partial charge in [0.05, 0.1) is 22.9 Å². The number of nitrogens with zero attached hydrogens (tertiary/aromatic N) is 2. The smallest absolute Gasteiger partial charge is 0.256 e. The van der Waals surface area contributed by atoms with E-state index in [0.717, 1.165) is 6.07 Å². The molecule has 11 heteroatoms. The maximum Gasteiger partial charge on any atom is 0.256 e. The summed E-state index contributed by atoms with van der Waals surface area (Å²) in [5, 5.41) is 12.9. The van der Waals surface area contributed by atoms with E-state index in [2.05, 4.69) is 21.0 Å². The first-order valence-corrected chi connectivity index (χ1v) is 11.5. The fourth-order valence-corrected chi connectivity index (χ4v) is 4.08.